The Kier molecular flexibility index (Phi) is 4.68. The number of nitrogens with one attached hydrogen (secondary N) is 1. The van der Waals surface area contributed by atoms with Crippen molar-refractivity contribution in [3.8, 4) is 11.3 Å². The van der Waals surface area contributed by atoms with Gasteiger partial charge >= 0.3 is 0 Å². The van der Waals surface area contributed by atoms with Crippen LogP contribution in [0.5, 0.6) is 0 Å². The van der Waals surface area contributed by atoms with Gasteiger partial charge in [0.1, 0.15) is 10.8 Å². The zero-order valence-corrected chi connectivity index (χ0v) is 13.7. The number of hydrogen-bond donors (Lipinski definition) is 1. The third kappa shape index (κ3) is 3.57. The van der Waals surface area contributed by atoms with Crippen molar-refractivity contribution in [2.45, 2.75) is 5.03 Å². The third-order valence-electron chi connectivity index (χ3n) is 3.05. The van der Waals surface area contributed by atoms with Crippen molar-refractivity contribution >= 4 is 34.1 Å². The minimum Gasteiger partial charge on any atom is -0.298 e. The van der Waals surface area contributed by atoms with Gasteiger partial charge in [-0.25, -0.2) is 14.4 Å². The summed E-state index contributed by atoms with van der Waals surface area (Å²) in [6.07, 6.45) is 3.51. The Morgan fingerprint density at radius 1 is 1.30 bits per heavy atom. The van der Waals surface area contributed by atoms with E-state index >= 15 is 0 Å². The lowest BCUT2D eigenvalue weighted by molar-refractivity contribution is 0.102. The summed E-state index contributed by atoms with van der Waals surface area (Å²) in [7, 11) is 0. The maximum absolute atomic E-state index is 13.3. The number of pyridine rings is 1. The molecule has 0 aliphatic rings. The summed E-state index contributed by atoms with van der Waals surface area (Å²) in [6.45, 7) is 0. The van der Waals surface area contributed by atoms with Crippen LogP contribution in [-0.4, -0.2) is 22.1 Å². The van der Waals surface area contributed by atoms with Crippen molar-refractivity contribution in [3.05, 3.63) is 59.4 Å². The van der Waals surface area contributed by atoms with Gasteiger partial charge in [0.15, 0.2) is 5.13 Å². The molecule has 2 aromatic heterocycles. The number of anilines is 1. The minimum atomic E-state index is -0.318. The van der Waals surface area contributed by atoms with Gasteiger partial charge in [-0.15, -0.1) is 23.1 Å². The second-order valence-corrected chi connectivity index (χ2v) is 6.22. The van der Waals surface area contributed by atoms with Crippen LogP contribution in [0.2, 0.25) is 0 Å². The first-order valence-electron chi connectivity index (χ1n) is 6.69. The first-order chi connectivity index (χ1) is 11.2. The summed E-state index contributed by atoms with van der Waals surface area (Å²) in [4.78, 5) is 20.8. The molecule has 0 unspecified atom stereocenters. The Bertz CT molecular complexity index is 851. The van der Waals surface area contributed by atoms with Crippen LogP contribution in [0.15, 0.2) is 53.0 Å². The van der Waals surface area contributed by atoms with E-state index in [0.29, 0.717) is 27.0 Å². The van der Waals surface area contributed by atoms with E-state index in [-0.39, 0.29) is 11.7 Å². The molecule has 116 valence electrons. The van der Waals surface area contributed by atoms with Crippen LogP contribution < -0.4 is 5.32 Å². The number of thiazole rings is 1. The predicted octanol–water partition coefficient (Wildman–Crippen LogP) is 4.32. The van der Waals surface area contributed by atoms with Crippen molar-refractivity contribution in [1.82, 2.24) is 9.97 Å². The fourth-order valence-electron chi connectivity index (χ4n) is 2.00. The number of carbonyl (C=O) groups excluding carboxylic acids is 1. The molecule has 1 amide bonds. The third-order valence-corrected chi connectivity index (χ3v) is 4.52. The molecule has 4 nitrogen and oxygen atoms in total. The summed E-state index contributed by atoms with van der Waals surface area (Å²) >= 11 is 2.70. The van der Waals surface area contributed by atoms with E-state index in [1.807, 2.05) is 6.26 Å². The monoisotopic (exact) mass is 345 g/mol. The fraction of sp³-hybridized carbons (Fsp3) is 0.0625. The Labute approximate surface area is 140 Å². The van der Waals surface area contributed by atoms with E-state index < -0.39 is 0 Å². The fourth-order valence-corrected chi connectivity index (χ4v) is 3.26. The Balaban J connectivity index is 1.80. The van der Waals surface area contributed by atoms with Gasteiger partial charge in [0.25, 0.3) is 5.91 Å². The molecule has 0 saturated carbocycles. The molecular weight excluding hydrogens is 333 g/mol. The van der Waals surface area contributed by atoms with Gasteiger partial charge in [-0.05, 0) is 30.5 Å². The average Bonchev–Trinajstić information content (AvgIpc) is 3.03. The lowest BCUT2D eigenvalue weighted by Gasteiger charge is -2.05. The summed E-state index contributed by atoms with van der Waals surface area (Å²) in [5, 5.41) is 5.66. The number of carbonyl (C=O) groups is 1. The zero-order chi connectivity index (χ0) is 16.2. The van der Waals surface area contributed by atoms with Gasteiger partial charge in [0.05, 0.1) is 11.3 Å². The number of aromatic nitrogens is 2. The van der Waals surface area contributed by atoms with Gasteiger partial charge in [-0.3, -0.25) is 10.1 Å². The van der Waals surface area contributed by atoms with Crippen molar-refractivity contribution < 1.29 is 9.18 Å². The topological polar surface area (TPSA) is 54.9 Å². The quantitative estimate of drug-likeness (QED) is 0.716. The number of hydrogen-bond acceptors (Lipinski definition) is 5. The van der Waals surface area contributed by atoms with E-state index in [1.165, 1.54) is 35.2 Å². The Hall–Kier alpha value is -2.25. The molecule has 1 N–H and O–H groups in total. The standard InChI is InChI=1S/C16H12FN3OS2/c1-22-15-12(6-3-7-18-15)14(21)20-16-19-13(9-23-16)10-4-2-5-11(17)8-10/h2-9H,1H3,(H,19,20,21). The number of nitrogens with zero attached hydrogens (tertiary/aromatic N) is 2. The maximum atomic E-state index is 13.3. The van der Waals surface area contributed by atoms with Crippen molar-refractivity contribution in [3.63, 3.8) is 0 Å². The molecule has 3 aromatic rings. The molecule has 7 heteroatoms. The molecular formula is C16H12FN3OS2. The van der Waals surface area contributed by atoms with Gasteiger partial charge in [-0.2, -0.15) is 0 Å². The summed E-state index contributed by atoms with van der Waals surface area (Å²) in [5.41, 5.74) is 1.80. The molecule has 0 aliphatic heterocycles. The summed E-state index contributed by atoms with van der Waals surface area (Å²) < 4.78 is 13.3. The predicted molar refractivity (Wildman–Crippen MR) is 91.5 cm³/mol. The molecule has 0 aliphatic carbocycles. The Morgan fingerprint density at radius 2 is 2.17 bits per heavy atom. The first-order valence-corrected chi connectivity index (χ1v) is 8.79. The second kappa shape index (κ2) is 6.89. The first kappa shape index (κ1) is 15.6. The van der Waals surface area contributed by atoms with Crippen molar-refractivity contribution in [2.24, 2.45) is 0 Å². The van der Waals surface area contributed by atoms with Crippen LogP contribution in [0, 0.1) is 5.82 Å². The van der Waals surface area contributed by atoms with Crippen LogP contribution in [0.4, 0.5) is 9.52 Å². The molecule has 0 spiro atoms. The summed E-state index contributed by atoms with van der Waals surface area (Å²) in [5.74, 6) is -0.580. The average molecular weight is 345 g/mol. The molecule has 1 aromatic carbocycles. The summed E-state index contributed by atoms with van der Waals surface area (Å²) in [6, 6.07) is 9.63. The van der Waals surface area contributed by atoms with Crippen LogP contribution in [0.1, 0.15) is 10.4 Å². The van der Waals surface area contributed by atoms with Crippen molar-refractivity contribution in [1.29, 1.82) is 0 Å². The highest BCUT2D eigenvalue weighted by molar-refractivity contribution is 7.98. The van der Waals surface area contributed by atoms with Crippen LogP contribution >= 0.6 is 23.1 Å². The number of rotatable bonds is 4. The highest BCUT2D eigenvalue weighted by Gasteiger charge is 2.14. The van der Waals surface area contributed by atoms with Crippen LogP contribution in [0.3, 0.4) is 0 Å². The zero-order valence-electron chi connectivity index (χ0n) is 12.1. The molecule has 0 bridgehead atoms. The minimum absolute atomic E-state index is 0.261. The largest absolute Gasteiger partial charge is 0.298 e. The molecule has 3 rings (SSSR count). The van der Waals surface area contributed by atoms with E-state index in [2.05, 4.69) is 15.3 Å². The molecule has 2 heterocycles. The van der Waals surface area contributed by atoms with Gasteiger partial charge in [0, 0.05) is 17.1 Å². The smallest absolute Gasteiger partial charge is 0.260 e. The molecule has 0 fully saturated rings. The SMILES string of the molecule is CSc1ncccc1C(=O)Nc1nc(-c2cccc(F)c2)cs1. The van der Waals surface area contributed by atoms with Crippen LogP contribution in [0.25, 0.3) is 11.3 Å². The maximum Gasteiger partial charge on any atom is 0.260 e. The molecule has 0 saturated heterocycles. The highest BCUT2D eigenvalue weighted by atomic mass is 32.2. The second-order valence-electron chi connectivity index (χ2n) is 4.56. The number of thioether (sulfide) groups is 1. The lowest BCUT2D eigenvalue weighted by Crippen LogP contribution is -2.13. The lowest BCUT2D eigenvalue weighted by atomic mass is 10.2. The van der Waals surface area contributed by atoms with E-state index in [9.17, 15) is 9.18 Å². The number of benzene rings is 1. The normalized spacial score (nSPS) is 10.5. The Morgan fingerprint density at radius 3 is 2.96 bits per heavy atom. The molecule has 0 atom stereocenters. The van der Waals surface area contributed by atoms with Gasteiger partial charge in [-0.1, -0.05) is 12.1 Å². The van der Waals surface area contributed by atoms with Crippen LogP contribution in [-0.2, 0) is 0 Å². The van der Waals surface area contributed by atoms with Gasteiger partial charge in [0.2, 0.25) is 0 Å². The van der Waals surface area contributed by atoms with E-state index in [4.69, 9.17) is 0 Å². The van der Waals surface area contributed by atoms with E-state index in [0.717, 1.165) is 0 Å². The molecule has 0 radical (unpaired) electrons. The number of halogens is 1. The van der Waals surface area contributed by atoms with Crippen molar-refractivity contribution in [2.75, 3.05) is 11.6 Å². The number of amides is 1. The van der Waals surface area contributed by atoms with E-state index in [1.54, 1.807) is 35.8 Å². The molecule has 23 heavy (non-hydrogen) atoms. The highest BCUT2D eigenvalue weighted by Crippen LogP contribution is 2.26. The van der Waals surface area contributed by atoms with Gasteiger partial charge < -0.3 is 0 Å².